The van der Waals surface area contributed by atoms with E-state index in [1.165, 1.54) is 0 Å². The molecule has 7 heteroatoms. The number of rotatable bonds is 10. The lowest BCUT2D eigenvalue weighted by Gasteiger charge is -2.09. The van der Waals surface area contributed by atoms with E-state index in [0.29, 0.717) is 31.9 Å². The number of aromatic amines is 1. The van der Waals surface area contributed by atoms with Gasteiger partial charge in [-0.05, 0) is 42.3 Å². The topological polar surface area (TPSA) is 92.4 Å². The van der Waals surface area contributed by atoms with Crippen LogP contribution in [0.1, 0.15) is 12.0 Å². The fourth-order valence-electron chi connectivity index (χ4n) is 2.98. The molecular formula is C22H25N3O4. The van der Waals surface area contributed by atoms with E-state index >= 15 is 0 Å². The summed E-state index contributed by atoms with van der Waals surface area (Å²) in [5.74, 6) is 0.822. The molecule has 1 aromatic heterocycles. The maximum atomic E-state index is 11.9. The molecule has 0 unspecified atom stereocenters. The van der Waals surface area contributed by atoms with Gasteiger partial charge in [-0.15, -0.1) is 0 Å². The Morgan fingerprint density at radius 2 is 1.62 bits per heavy atom. The quantitative estimate of drug-likeness (QED) is 0.363. The van der Waals surface area contributed by atoms with Crippen molar-refractivity contribution in [2.45, 2.75) is 12.8 Å². The van der Waals surface area contributed by atoms with Gasteiger partial charge in [0, 0.05) is 23.6 Å². The highest BCUT2D eigenvalue weighted by atomic mass is 16.5. The summed E-state index contributed by atoms with van der Waals surface area (Å²) in [5, 5.41) is 6.62. The molecule has 0 saturated heterocycles. The summed E-state index contributed by atoms with van der Waals surface area (Å²) in [7, 11) is 1.60. The number of methoxy groups -OCH3 is 1. The van der Waals surface area contributed by atoms with E-state index < -0.39 is 0 Å². The highest BCUT2D eigenvalue weighted by molar-refractivity contribution is 5.96. The minimum atomic E-state index is -0.326. The van der Waals surface area contributed by atoms with E-state index in [-0.39, 0.29) is 18.2 Å². The van der Waals surface area contributed by atoms with Gasteiger partial charge in [0.15, 0.2) is 0 Å². The fourth-order valence-corrected chi connectivity index (χ4v) is 2.98. The number of H-pyrrole nitrogens is 1. The molecule has 152 valence electrons. The van der Waals surface area contributed by atoms with Gasteiger partial charge in [0.25, 0.3) is 0 Å². The monoisotopic (exact) mass is 395 g/mol. The largest absolute Gasteiger partial charge is 0.497 e. The van der Waals surface area contributed by atoms with Crippen LogP contribution in [0, 0.1) is 0 Å². The van der Waals surface area contributed by atoms with E-state index in [4.69, 9.17) is 9.47 Å². The molecule has 3 rings (SSSR count). The van der Waals surface area contributed by atoms with Crippen molar-refractivity contribution < 1.29 is 19.1 Å². The number of para-hydroxylation sites is 1. The van der Waals surface area contributed by atoms with Crippen LogP contribution in [-0.4, -0.2) is 43.6 Å². The predicted octanol–water partition coefficient (Wildman–Crippen LogP) is 2.42. The number of fused-ring (bicyclic) bond motifs is 1. The molecule has 0 aliphatic heterocycles. The molecule has 0 aliphatic rings. The van der Waals surface area contributed by atoms with Gasteiger partial charge in [-0.25, -0.2) is 0 Å². The molecule has 0 fully saturated rings. The van der Waals surface area contributed by atoms with Crippen molar-refractivity contribution >= 4 is 22.7 Å². The third kappa shape index (κ3) is 6.00. The van der Waals surface area contributed by atoms with Crippen molar-refractivity contribution in [1.82, 2.24) is 15.6 Å². The summed E-state index contributed by atoms with van der Waals surface area (Å²) in [6.45, 7) is 1.13. The third-order valence-electron chi connectivity index (χ3n) is 4.46. The average Bonchev–Trinajstić information content (AvgIpc) is 3.15. The minimum Gasteiger partial charge on any atom is -0.497 e. The van der Waals surface area contributed by atoms with Crippen LogP contribution in [0.4, 0.5) is 0 Å². The number of hydrogen-bond acceptors (Lipinski definition) is 4. The SMILES string of the molecule is COc1ccc(OCCNC(=O)CC(=O)NCCc2c[nH]c3ccccc23)cc1. The van der Waals surface area contributed by atoms with Gasteiger partial charge in [0.1, 0.15) is 24.5 Å². The fraction of sp³-hybridized carbons (Fsp3) is 0.273. The average molecular weight is 395 g/mol. The van der Waals surface area contributed by atoms with Crippen molar-refractivity contribution in [3.05, 3.63) is 60.3 Å². The van der Waals surface area contributed by atoms with Crippen LogP contribution in [0.2, 0.25) is 0 Å². The molecule has 3 aromatic rings. The number of carbonyl (C=O) groups is 2. The van der Waals surface area contributed by atoms with E-state index in [1.54, 1.807) is 31.4 Å². The van der Waals surface area contributed by atoms with Crippen molar-refractivity contribution in [2.24, 2.45) is 0 Å². The number of carbonyl (C=O) groups excluding carboxylic acids is 2. The molecule has 0 saturated carbocycles. The number of hydrogen-bond donors (Lipinski definition) is 3. The second kappa shape index (κ2) is 10.2. The smallest absolute Gasteiger partial charge is 0.229 e. The molecule has 7 nitrogen and oxygen atoms in total. The molecule has 2 aromatic carbocycles. The van der Waals surface area contributed by atoms with Gasteiger partial charge in [0.2, 0.25) is 11.8 Å². The number of aromatic nitrogens is 1. The first kappa shape index (κ1) is 20.3. The van der Waals surface area contributed by atoms with Crippen LogP contribution in [-0.2, 0) is 16.0 Å². The maximum absolute atomic E-state index is 11.9. The predicted molar refractivity (Wildman–Crippen MR) is 111 cm³/mol. The van der Waals surface area contributed by atoms with Gasteiger partial charge >= 0.3 is 0 Å². The number of ether oxygens (including phenoxy) is 2. The van der Waals surface area contributed by atoms with Crippen molar-refractivity contribution in [1.29, 1.82) is 0 Å². The molecule has 3 N–H and O–H groups in total. The summed E-state index contributed by atoms with van der Waals surface area (Å²) in [4.78, 5) is 27.0. The first-order valence-electron chi connectivity index (χ1n) is 9.51. The van der Waals surface area contributed by atoms with Crippen molar-refractivity contribution in [2.75, 3.05) is 26.8 Å². The van der Waals surface area contributed by atoms with Gasteiger partial charge in [-0.3, -0.25) is 9.59 Å². The van der Waals surface area contributed by atoms with Crippen LogP contribution < -0.4 is 20.1 Å². The Morgan fingerprint density at radius 3 is 2.38 bits per heavy atom. The zero-order chi connectivity index (χ0) is 20.5. The number of benzene rings is 2. The standard InChI is InChI=1S/C22H25N3O4/c1-28-17-6-8-18(9-7-17)29-13-12-24-22(27)14-21(26)23-11-10-16-15-25-20-5-3-2-4-19(16)20/h2-9,15,25H,10-14H2,1H3,(H,23,26)(H,24,27). The summed E-state index contributed by atoms with van der Waals surface area (Å²) >= 11 is 0. The molecule has 29 heavy (non-hydrogen) atoms. The molecule has 0 aliphatic carbocycles. The lowest BCUT2D eigenvalue weighted by Crippen LogP contribution is -2.34. The Kier molecular flexibility index (Phi) is 7.10. The van der Waals surface area contributed by atoms with Gasteiger partial charge in [-0.1, -0.05) is 18.2 Å². The summed E-state index contributed by atoms with van der Waals surface area (Å²) in [6.07, 6.45) is 2.45. The van der Waals surface area contributed by atoms with Crippen molar-refractivity contribution in [3.63, 3.8) is 0 Å². The maximum Gasteiger partial charge on any atom is 0.229 e. The lowest BCUT2D eigenvalue weighted by atomic mass is 10.1. The molecule has 1 heterocycles. The van der Waals surface area contributed by atoms with Crippen LogP contribution in [0.5, 0.6) is 11.5 Å². The first-order chi connectivity index (χ1) is 14.2. The van der Waals surface area contributed by atoms with E-state index in [0.717, 1.165) is 22.2 Å². The van der Waals surface area contributed by atoms with E-state index in [9.17, 15) is 9.59 Å². The summed E-state index contributed by atoms with van der Waals surface area (Å²) in [5.41, 5.74) is 2.21. The second-order valence-corrected chi connectivity index (χ2v) is 6.51. The summed E-state index contributed by atoms with van der Waals surface area (Å²) in [6, 6.07) is 15.2. The molecule has 0 bridgehead atoms. The highest BCUT2D eigenvalue weighted by Crippen LogP contribution is 2.18. The molecule has 2 amide bonds. The molecule has 0 atom stereocenters. The second-order valence-electron chi connectivity index (χ2n) is 6.51. The Hall–Kier alpha value is -3.48. The van der Waals surface area contributed by atoms with Crippen LogP contribution in [0.3, 0.4) is 0 Å². The Morgan fingerprint density at radius 1 is 0.931 bits per heavy atom. The number of nitrogens with one attached hydrogen (secondary N) is 3. The van der Waals surface area contributed by atoms with Crippen LogP contribution >= 0.6 is 0 Å². The normalized spacial score (nSPS) is 10.5. The van der Waals surface area contributed by atoms with E-state index in [1.807, 2.05) is 30.5 Å². The Labute approximate surface area is 169 Å². The van der Waals surface area contributed by atoms with Crippen molar-refractivity contribution in [3.8, 4) is 11.5 Å². The van der Waals surface area contributed by atoms with Gasteiger partial charge in [-0.2, -0.15) is 0 Å². The number of amides is 2. The molecule has 0 radical (unpaired) electrons. The van der Waals surface area contributed by atoms with Crippen LogP contribution in [0.15, 0.2) is 54.7 Å². The van der Waals surface area contributed by atoms with Crippen LogP contribution in [0.25, 0.3) is 10.9 Å². The van der Waals surface area contributed by atoms with E-state index in [2.05, 4.69) is 15.6 Å². The zero-order valence-electron chi connectivity index (χ0n) is 16.4. The Balaban J connectivity index is 1.30. The lowest BCUT2D eigenvalue weighted by molar-refractivity contribution is -0.129. The highest BCUT2D eigenvalue weighted by Gasteiger charge is 2.09. The summed E-state index contributed by atoms with van der Waals surface area (Å²) < 4.78 is 10.6. The molecular weight excluding hydrogens is 370 g/mol. The Bertz CT molecular complexity index is 950. The molecule has 0 spiro atoms. The zero-order valence-corrected chi connectivity index (χ0v) is 16.4. The third-order valence-corrected chi connectivity index (χ3v) is 4.46. The van der Waals surface area contributed by atoms with Gasteiger partial charge in [0.05, 0.1) is 13.7 Å². The minimum absolute atomic E-state index is 0.198. The van der Waals surface area contributed by atoms with Gasteiger partial charge < -0.3 is 25.1 Å². The first-order valence-corrected chi connectivity index (χ1v) is 9.51.